The molecule has 2 fully saturated rings. The van der Waals surface area contributed by atoms with Crippen LogP contribution in [0.5, 0.6) is 0 Å². The number of hydrogen-bond acceptors (Lipinski definition) is 3. The highest BCUT2D eigenvalue weighted by atomic mass is 32.2. The molecule has 0 bridgehead atoms. The van der Waals surface area contributed by atoms with Crippen LogP contribution in [0.2, 0.25) is 0 Å². The molecule has 3 nitrogen and oxygen atoms in total. The Hall–Kier alpha value is -0.0900. The molecule has 0 aromatic carbocycles. The van der Waals surface area contributed by atoms with Crippen molar-refractivity contribution in [3.05, 3.63) is 0 Å². The van der Waals surface area contributed by atoms with Crippen LogP contribution >= 0.6 is 0 Å². The molecule has 106 valence electrons. The van der Waals surface area contributed by atoms with Crippen molar-refractivity contribution in [1.82, 2.24) is 5.32 Å². The maximum absolute atomic E-state index is 11.5. The third-order valence-electron chi connectivity index (χ3n) is 4.47. The van der Waals surface area contributed by atoms with Gasteiger partial charge in [0.1, 0.15) is 0 Å². The van der Waals surface area contributed by atoms with E-state index < -0.39 is 9.84 Å². The highest BCUT2D eigenvalue weighted by Gasteiger charge is 2.31. The molecule has 1 saturated heterocycles. The van der Waals surface area contributed by atoms with Gasteiger partial charge in [-0.15, -0.1) is 0 Å². The van der Waals surface area contributed by atoms with Gasteiger partial charge in [0.05, 0.1) is 11.5 Å². The molecule has 2 rings (SSSR count). The van der Waals surface area contributed by atoms with Crippen LogP contribution in [0.15, 0.2) is 0 Å². The molecule has 2 atom stereocenters. The van der Waals surface area contributed by atoms with Crippen LogP contribution in [0.4, 0.5) is 0 Å². The van der Waals surface area contributed by atoms with Crippen molar-refractivity contribution < 1.29 is 8.42 Å². The number of sulfone groups is 1. The van der Waals surface area contributed by atoms with E-state index in [1.165, 1.54) is 25.7 Å². The molecular weight excluding hydrogens is 246 g/mol. The second kappa shape index (κ2) is 6.38. The third kappa shape index (κ3) is 4.23. The maximum atomic E-state index is 11.5. The number of nitrogens with one attached hydrogen (secondary N) is 1. The quantitative estimate of drug-likeness (QED) is 0.774. The van der Waals surface area contributed by atoms with Gasteiger partial charge in [0.25, 0.3) is 0 Å². The predicted octanol–water partition coefficient (Wildman–Crippen LogP) is 2.37. The Morgan fingerprint density at radius 2 is 1.89 bits per heavy atom. The van der Waals surface area contributed by atoms with Gasteiger partial charge in [0.2, 0.25) is 0 Å². The van der Waals surface area contributed by atoms with E-state index in [0.29, 0.717) is 23.5 Å². The monoisotopic (exact) mass is 273 g/mol. The van der Waals surface area contributed by atoms with Gasteiger partial charge in [-0.25, -0.2) is 8.42 Å². The highest BCUT2D eigenvalue weighted by molar-refractivity contribution is 7.91. The van der Waals surface area contributed by atoms with Gasteiger partial charge in [-0.3, -0.25) is 0 Å². The molecule has 1 aliphatic heterocycles. The van der Waals surface area contributed by atoms with E-state index in [1.54, 1.807) is 0 Å². The minimum atomic E-state index is -2.71. The number of hydrogen-bond donors (Lipinski definition) is 1. The predicted molar refractivity (Wildman–Crippen MR) is 75.4 cm³/mol. The summed E-state index contributed by atoms with van der Waals surface area (Å²) in [6, 6.07) is 0.550. The smallest absolute Gasteiger partial charge is 0.150 e. The Morgan fingerprint density at radius 3 is 2.39 bits per heavy atom. The lowest BCUT2D eigenvalue weighted by atomic mass is 9.79. The van der Waals surface area contributed by atoms with Crippen LogP contribution in [0, 0.1) is 11.8 Å². The van der Waals surface area contributed by atoms with E-state index in [9.17, 15) is 8.42 Å². The molecule has 0 amide bonds. The van der Waals surface area contributed by atoms with E-state index >= 15 is 0 Å². The first kappa shape index (κ1) is 14.3. The molecule has 0 spiro atoms. The van der Waals surface area contributed by atoms with Gasteiger partial charge in [-0.2, -0.15) is 0 Å². The first-order valence-electron chi connectivity index (χ1n) is 7.53. The van der Waals surface area contributed by atoms with Crippen molar-refractivity contribution in [3.63, 3.8) is 0 Å². The van der Waals surface area contributed by atoms with E-state index in [0.717, 1.165) is 31.7 Å². The summed E-state index contributed by atoms with van der Waals surface area (Å²) in [5, 5.41) is 3.63. The molecule has 0 aromatic heterocycles. The first-order chi connectivity index (χ1) is 8.59. The Kier molecular flexibility index (Phi) is 5.07. The molecule has 18 heavy (non-hydrogen) atoms. The van der Waals surface area contributed by atoms with Gasteiger partial charge < -0.3 is 5.32 Å². The second-order valence-electron chi connectivity index (χ2n) is 6.19. The van der Waals surface area contributed by atoms with Crippen molar-refractivity contribution in [2.45, 2.75) is 57.9 Å². The zero-order valence-electron chi connectivity index (χ0n) is 11.5. The van der Waals surface area contributed by atoms with Crippen molar-refractivity contribution in [3.8, 4) is 0 Å². The summed E-state index contributed by atoms with van der Waals surface area (Å²) in [6.07, 6.45) is 8.53. The summed E-state index contributed by atoms with van der Waals surface area (Å²) in [7, 11) is -2.71. The van der Waals surface area contributed by atoms with Crippen LogP contribution in [-0.2, 0) is 9.84 Å². The fraction of sp³-hybridized carbons (Fsp3) is 1.00. The maximum Gasteiger partial charge on any atom is 0.150 e. The molecule has 0 aromatic rings. The summed E-state index contributed by atoms with van der Waals surface area (Å²) < 4.78 is 23.0. The molecule has 1 saturated carbocycles. The Balaban J connectivity index is 1.80. The van der Waals surface area contributed by atoms with Crippen molar-refractivity contribution in [1.29, 1.82) is 0 Å². The minimum absolute atomic E-state index is 0.407. The van der Waals surface area contributed by atoms with Crippen LogP contribution in [0.25, 0.3) is 0 Å². The molecule has 1 heterocycles. The normalized spacial score (nSPS) is 29.1. The second-order valence-corrected chi connectivity index (χ2v) is 8.42. The lowest BCUT2D eigenvalue weighted by molar-refractivity contribution is 0.243. The van der Waals surface area contributed by atoms with Gasteiger partial charge in [-0.05, 0) is 44.1 Å². The summed E-state index contributed by atoms with van der Waals surface area (Å²) >= 11 is 0. The van der Waals surface area contributed by atoms with Gasteiger partial charge in [0.15, 0.2) is 9.84 Å². The summed E-state index contributed by atoms with van der Waals surface area (Å²) in [4.78, 5) is 0. The summed E-state index contributed by atoms with van der Waals surface area (Å²) in [6.45, 7) is 3.25. The van der Waals surface area contributed by atoms with Gasteiger partial charge in [0, 0.05) is 6.04 Å². The SMILES string of the molecule is CCCNC(CC1CCC1)CC1CCS(=O)(=O)C1. The van der Waals surface area contributed by atoms with E-state index in [2.05, 4.69) is 12.2 Å². The fourth-order valence-electron chi connectivity index (χ4n) is 3.20. The summed E-state index contributed by atoms with van der Waals surface area (Å²) in [5.74, 6) is 2.16. The lowest BCUT2D eigenvalue weighted by Crippen LogP contribution is -2.35. The zero-order valence-corrected chi connectivity index (χ0v) is 12.3. The molecular formula is C14H27NO2S. The molecule has 1 aliphatic carbocycles. The topological polar surface area (TPSA) is 46.2 Å². The molecule has 0 radical (unpaired) electrons. The average Bonchev–Trinajstić information content (AvgIpc) is 2.59. The largest absolute Gasteiger partial charge is 0.314 e. The van der Waals surface area contributed by atoms with Crippen molar-refractivity contribution in [2.24, 2.45) is 11.8 Å². The van der Waals surface area contributed by atoms with Crippen LogP contribution in [0.1, 0.15) is 51.9 Å². The van der Waals surface area contributed by atoms with Gasteiger partial charge in [-0.1, -0.05) is 26.2 Å². The van der Waals surface area contributed by atoms with Crippen LogP contribution < -0.4 is 5.32 Å². The van der Waals surface area contributed by atoms with Crippen molar-refractivity contribution >= 4 is 9.84 Å². The standard InChI is InChI=1S/C14H27NO2S/c1-2-7-15-14(9-12-4-3-5-12)10-13-6-8-18(16,17)11-13/h12-15H,2-11H2,1H3. The number of rotatable bonds is 7. The van der Waals surface area contributed by atoms with E-state index in [-0.39, 0.29) is 0 Å². The molecule has 2 aliphatic rings. The van der Waals surface area contributed by atoms with Crippen LogP contribution in [0.3, 0.4) is 0 Å². The third-order valence-corrected chi connectivity index (χ3v) is 6.31. The lowest BCUT2D eigenvalue weighted by Gasteiger charge is -2.31. The average molecular weight is 273 g/mol. The molecule has 1 N–H and O–H groups in total. The van der Waals surface area contributed by atoms with E-state index in [4.69, 9.17) is 0 Å². The fourth-order valence-corrected chi connectivity index (χ4v) is 5.08. The molecule has 4 heteroatoms. The van der Waals surface area contributed by atoms with Crippen molar-refractivity contribution in [2.75, 3.05) is 18.1 Å². The first-order valence-corrected chi connectivity index (χ1v) is 9.35. The van der Waals surface area contributed by atoms with E-state index in [1.807, 2.05) is 0 Å². The zero-order chi connectivity index (χ0) is 13.0. The highest BCUT2D eigenvalue weighted by Crippen LogP contribution is 2.33. The summed E-state index contributed by atoms with van der Waals surface area (Å²) in [5.41, 5.74) is 0. The minimum Gasteiger partial charge on any atom is -0.314 e. The van der Waals surface area contributed by atoms with Gasteiger partial charge >= 0.3 is 0 Å². The Bertz CT molecular complexity index is 349. The molecule has 2 unspecified atom stereocenters. The van der Waals surface area contributed by atoms with Crippen LogP contribution in [-0.4, -0.2) is 32.5 Å². The Labute approximate surface area is 112 Å². The Morgan fingerprint density at radius 1 is 1.17 bits per heavy atom.